The van der Waals surface area contributed by atoms with Crippen molar-refractivity contribution >= 4 is 21.8 Å². The maximum absolute atomic E-state index is 11.0. The molecule has 0 heterocycles. The van der Waals surface area contributed by atoms with Crippen molar-refractivity contribution in [3.63, 3.8) is 0 Å². The molecule has 0 saturated carbocycles. The molecule has 0 bridgehead atoms. The molecule has 5 heteroatoms. The monoisotopic (exact) mass is 241 g/mol. The molecule has 0 spiro atoms. The number of nitrogens with zero attached hydrogens (tertiary/aromatic N) is 1. The van der Waals surface area contributed by atoms with Crippen LogP contribution < -0.4 is 4.90 Å². The van der Waals surface area contributed by atoms with Crippen LogP contribution in [-0.4, -0.2) is 40.3 Å². The normalized spacial score (nSPS) is 11.1. The van der Waals surface area contributed by atoms with Crippen LogP contribution in [0.25, 0.3) is 0 Å². The van der Waals surface area contributed by atoms with Gasteiger partial charge in [0.25, 0.3) is 0 Å². The molecule has 1 aromatic rings. The third-order valence-electron chi connectivity index (χ3n) is 2.27. The first-order valence-electron chi connectivity index (χ1n) is 4.87. The number of hydrogen-bond acceptors (Lipinski definition) is 4. The quantitative estimate of drug-likeness (QED) is 0.721. The van der Waals surface area contributed by atoms with Crippen molar-refractivity contribution in [2.75, 3.05) is 30.5 Å². The van der Waals surface area contributed by atoms with Gasteiger partial charge in [-0.1, -0.05) is 12.1 Å². The fourth-order valence-electron chi connectivity index (χ4n) is 1.36. The van der Waals surface area contributed by atoms with Gasteiger partial charge in [0.05, 0.1) is 5.75 Å². The fourth-order valence-corrected chi connectivity index (χ4v) is 1.96. The number of para-hydroxylation sites is 1. The number of benzene rings is 1. The van der Waals surface area contributed by atoms with E-state index in [1.54, 1.807) is 30.1 Å². The Morgan fingerprint density at radius 3 is 2.50 bits per heavy atom. The van der Waals surface area contributed by atoms with E-state index in [1.165, 1.54) is 6.26 Å². The minimum absolute atomic E-state index is 0.0801. The second kappa shape index (κ2) is 5.12. The molecule has 1 rings (SSSR count). The van der Waals surface area contributed by atoms with Crippen molar-refractivity contribution in [1.82, 2.24) is 0 Å². The standard InChI is InChI=1S/C11H15NO3S/c1-12(7-8-16(2,14)15)11-6-4-3-5-10(11)9-13/h3-6,9H,7-8H2,1-2H3. The third-order valence-corrected chi connectivity index (χ3v) is 3.20. The smallest absolute Gasteiger partial charge is 0.152 e. The summed E-state index contributed by atoms with van der Waals surface area (Å²) in [4.78, 5) is 12.6. The summed E-state index contributed by atoms with van der Waals surface area (Å²) in [5.74, 6) is 0.0801. The van der Waals surface area contributed by atoms with Crippen LogP contribution in [0.4, 0.5) is 5.69 Å². The van der Waals surface area contributed by atoms with Crippen molar-refractivity contribution in [2.24, 2.45) is 0 Å². The van der Waals surface area contributed by atoms with E-state index in [4.69, 9.17) is 0 Å². The molecule has 0 saturated heterocycles. The van der Waals surface area contributed by atoms with Gasteiger partial charge in [0.1, 0.15) is 9.84 Å². The predicted octanol–water partition coefficient (Wildman–Crippen LogP) is 0.980. The number of anilines is 1. The van der Waals surface area contributed by atoms with E-state index in [1.807, 2.05) is 6.07 Å². The zero-order valence-electron chi connectivity index (χ0n) is 9.38. The lowest BCUT2D eigenvalue weighted by Gasteiger charge is -2.20. The van der Waals surface area contributed by atoms with Gasteiger partial charge >= 0.3 is 0 Å². The topological polar surface area (TPSA) is 54.5 Å². The SMILES string of the molecule is CN(CCS(C)(=O)=O)c1ccccc1C=O. The van der Waals surface area contributed by atoms with Crippen LogP contribution in [-0.2, 0) is 9.84 Å². The lowest BCUT2D eigenvalue weighted by atomic mass is 10.2. The molecule has 0 aliphatic rings. The minimum atomic E-state index is -2.98. The molecule has 0 aromatic heterocycles. The highest BCUT2D eigenvalue weighted by Gasteiger charge is 2.09. The Balaban J connectivity index is 2.80. The second-order valence-electron chi connectivity index (χ2n) is 3.73. The largest absolute Gasteiger partial charge is 0.373 e. The van der Waals surface area contributed by atoms with Crippen LogP contribution in [0.5, 0.6) is 0 Å². The highest BCUT2D eigenvalue weighted by Crippen LogP contribution is 2.16. The Kier molecular flexibility index (Phi) is 4.06. The molecule has 4 nitrogen and oxygen atoms in total. The van der Waals surface area contributed by atoms with Crippen LogP contribution in [0.1, 0.15) is 10.4 Å². The van der Waals surface area contributed by atoms with E-state index in [0.717, 1.165) is 12.0 Å². The Hall–Kier alpha value is -1.36. The number of rotatable bonds is 5. The van der Waals surface area contributed by atoms with Gasteiger partial charge in [0, 0.05) is 31.1 Å². The molecular weight excluding hydrogens is 226 g/mol. The number of sulfone groups is 1. The zero-order valence-corrected chi connectivity index (χ0v) is 10.2. The molecule has 0 amide bonds. The summed E-state index contributed by atoms with van der Waals surface area (Å²) < 4.78 is 22.1. The maximum Gasteiger partial charge on any atom is 0.152 e. The van der Waals surface area contributed by atoms with Crippen LogP contribution in [0.3, 0.4) is 0 Å². The molecule has 16 heavy (non-hydrogen) atoms. The summed E-state index contributed by atoms with van der Waals surface area (Å²) in [6.45, 7) is 0.379. The molecule has 0 aliphatic carbocycles. The van der Waals surface area contributed by atoms with Gasteiger partial charge in [-0.05, 0) is 12.1 Å². The summed E-state index contributed by atoms with van der Waals surface area (Å²) in [5, 5.41) is 0. The van der Waals surface area contributed by atoms with Crippen molar-refractivity contribution in [1.29, 1.82) is 0 Å². The van der Waals surface area contributed by atoms with Crippen LogP contribution >= 0.6 is 0 Å². The highest BCUT2D eigenvalue weighted by atomic mass is 32.2. The van der Waals surface area contributed by atoms with E-state index in [9.17, 15) is 13.2 Å². The van der Waals surface area contributed by atoms with Gasteiger partial charge in [0.2, 0.25) is 0 Å². The highest BCUT2D eigenvalue weighted by molar-refractivity contribution is 7.90. The lowest BCUT2D eigenvalue weighted by molar-refractivity contribution is 0.112. The Morgan fingerprint density at radius 2 is 1.94 bits per heavy atom. The Labute approximate surface area is 95.8 Å². The van der Waals surface area contributed by atoms with Crippen molar-refractivity contribution in [2.45, 2.75) is 0 Å². The van der Waals surface area contributed by atoms with Gasteiger partial charge in [-0.15, -0.1) is 0 Å². The predicted molar refractivity (Wildman–Crippen MR) is 64.8 cm³/mol. The van der Waals surface area contributed by atoms with E-state index in [-0.39, 0.29) is 5.75 Å². The molecule has 1 aromatic carbocycles. The van der Waals surface area contributed by atoms with Gasteiger partial charge in [-0.25, -0.2) is 8.42 Å². The second-order valence-corrected chi connectivity index (χ2v) is 5.99. The summed E-state index contributed by atoms with van der Waals surface area (Å²) >= 11 is 0. The van der Waals surface area contributed by atoms with E-state index in [2.05, 4.69) is 0 Å². The molecular formula is C11H15NO3S. The van der Waals surface area contributed by atoms with E-state index in [0.29, 0.717) is 12.1 Å². The third kappa shape index (κ3) is 3.66. The lowest BCUT2D eigenvalue weighted by Crippen LogP contribution is -2.25. The summed E-state index contributed by atoms with van der Waals surface area (Å²) in [7, 11) is -1.21. The first-order valence-corrected chi connectivity index (χ1v) is 6.93. The maximum atomic E-state index is 11.0. The number of carbonyl (C=O) groups excluding carboxylic acids is 1. The van der Waals surface area contributed by atoms with Crippen molar-refractivity contribution in [3.8, 4) is 0 Å². The Bertz CT molecular complexity index is 468. The molecule has 0 N–H and O–H groups in total. The zero-order chi connectivity index (χ0) is 12.2. The first-order chi connectivity index (χ1) is 7.44. The molecule has 0 atom stereocenters. The first kappa shape index (κ1) is 12.7. The average Bonchev–Trinajstić information content (AvgIpc) is 2.25. The van der Waals surface area contributed by atoms with Gasteiger partial charge in [-0.2, -0.15) is 0 Å². The van der Waals surface area contributed by atoms with E-state index < -0.39 is 9.84 Å². The average molecular weight is 241 g/mol. The number of carbonyl (C=O) groups is 1. The molecule has 0 fully saturated rings. The summed E-state index contributed by atoms with van der Waals surface area (Å²) in [6, 6.07) is 7.10. The van der Waals surface area contributed by atoms with Crippen molar-refractivity contribution in [3.05, 3.63) is 29.8 Å². The molecule has 88 valence electrons. The minimum Gasteiger partial charge on any atom is -0.373 e. The molecule has 0 unspecified atom stereocenters. The van der Waals surface area contributed by atoms with E-state index >= 15 is 0 Å². The summed E-state index contributed by atoms with van der Waals surface area (Å²) in [6.07, 6.45) is 1.97. The fraction of sp³-hybridized carbons (Fsp3) is 0.364. The Morgan fingerprint density at radius 1 is 1.31 bits per heavy atom. The van der Waals surface area contributed by atoms with Gasteiger partial charge in [-0.3, -0.25) is 4.79 Å². The van der Waals surface area contributed by atoms with Gasteiger partial charge in [0.15, 0.2) is 6.29 Å². The summed E-state index contributed by atoms with van der Waals surface area (Å²) in [5.41, 5.74) is 1.32. The van der Waals surface area contributed by atoms with Crippen LogP contribution in [0.15, 0.2) is 24.3 Å². The molecule has 0 aliphatic heterocycles. The van der Waals surface area contributed by atoms with Crippen LogP contribution in [0, 0.1) is 0 Å². The number of aldehydes is 1. The molecule has 0 radical (unpaired) electrons. The van der Waals surface area contributed by atoms with Gasteiger partial charge < -0.3 is 4.90 Å². The van der Waals surface area contributed by atoms with Crippen molar-refractivity contribution < 1.29 is 13.2 Å². The van der Waals surface area contributed by atoms with Crippen LogP contribution in [0.2, 0.25) is 0 Å². The number of hydrogen-bond donors (Lipinski definition) is 0.